The molecular weight excluding hydrogens is 408 g/mol. The Balaban J connectivity index is 2.50. The predicted molar refractivity (Wildman–Crippen MR) is 114 cm³/mol. The summed E-state index contributed by atoms with van der Waals surface area (Å²) in [5, 5.41) is 29.5. The van der Waals surface area contributed by atoms with Gasteiger partial charge in [-0.25, -0.2) is 0 Å². The lowest BCUT2D eigenvalue weighted by atomic mass is 9.88. The summed E-state index contributed by atoms with van der Waals surface area (Å²) in [7, 11) is 0. The van der Waals surface area contributed by atoms with E-state index >= 15 is 0 Å². The molecule has 0 radical (unpaired) electrons. The van der Waals surface area contributed by atoms with Crippen molar-refractivity contribution in [3.05, 3.63) is 23.8 Å². The number of carboxylic acid groups (broad SMARTS) is 1. The average molecular weight is 445 g/mol. The van der Waals surface area contributed by atoms with Gasteiger partial charge in [-0.2, -0.15) is 0 Å². The Bertz CT molecular complexity index is 499. The van der Waals surface area contributed by atoms with Crippen molar-refractivity contribution in [2.45, 2.75) is 89.2 Å². The van der Waals surface area contributed by atoms with Crippen molar-refractivity contribution >= 4 is 21.9 Å². The molecule has 4 nitrogen and oxygen atoms in total. The van der Waals surface area contributed by atoms with Crippen LogP contribution in [0, 0.1) is 17.8 Å². The van der Waals surface area contributed by atoms with Gasteiger partial charge in [-0.15, -0.1) is 0 Å². The van der Waals surface area contributed by atoms with Crippen LogP contribution in [0.15, 0.2) is 23.8 Å². The van der Waals surface area contributed by atoms with E-state index in [0.717, 1.165) is 44.9 Å². The summed E-state index contributed by atoms with van der Waals surface area (Å²) in [5.41, 5.74) is 1.26. The Hall–Kier alpha value is -0.650. The second-order valence-corrected chi connectivity index (χ2v) is 9.45. The van der Waals surface area contributed by atoms with Crippen molar-refractivity contribution in [3.8, 4) is 0 Å². The monoisotopic (exact) mass is 444 g/mol. The van der Waals surface area contributed by atoms with Crippen LogP contribution >= 0.6 is 15.9 Å². The highest BCUT2D eigenvalue weighted by atomic mass is 79.9. The number of aliphatic hydroxyl groups excluding tert-OH is 2. The molecule has 1 aliphatic rings. The molecule has 1 fully saturated rings. The summed E-state index contributed by atoms with van der Waals surface area (Å²) in [4.78, 5) is 10.8. The molecular formula is C22H37BrO4. The normalized spacial score (nSPS) is 27.6. The molecule has 0 aromatic carbocycles. The number of allylic oxidation sites excluding steroid dienone is 2. The lowest BCUT2D eigenvalue weighted by Crippen LogP contribution is -2.20. The fourth-order valence-corrected chi connectivity index (χ4v) is 4.74. The zero-order chi connectivity index (χ0) is 20.4. The molecule has 0 aliphatic heterocycles. The maximum Gasteiger partial charge on any atom is 0.303 e. The Kier molecular flexibility index (Phi) is 11.5. The predicted octanol–water partition coefficient (Wildman–Crippen LogP) is 5.08. The fourth-order valence-electron chi connectivity index (χ4n) is 3.74. The average Bonchev–Trinajstić information content (AvgIpc) is 2.86. The van der Waals surface area contributed by atoms with Gasteiger partial charge in [-0.05, 0) is 51.4 Å². The number of hydrogen-bond donors (Lipinski definition) is 3. The van der Waals surface area contributed by atoms with Gasteiger partial charge in [0.05, 0.1) is 12.2 Å². The lowest BCUT2D eigenvalue weighted by molar-refractivity contribution is -0.137. The van der Waals surface area contributed by atoms with Crippen LogP contribution in [0.2, 0.25) is 0 Å². The highest BCUT2D eigenvalue weighted by Crippen LogP contribution is 2.41. The number of carboxylic acids is 1. The summed E-state index contributed by atoms with van der Waals surface area (Å²) >= 11 is 3.72. The van der Waals surface area contributed by atoms with Gasteiger partial charge in [0, 0.05) is 17.2 Å². The molecule has 0 saturated heterocycles. The van der Waals surface area contributed by atoms with Crippen molar-refractivity contribution in [1.82, 2.24) is 0 Å². The number of aliphatic carboxylic acids is 1. The number of unbranched alkanes of at least 4 members (excludes halogenated alkanes) is 3. The Morgan fingerprint density at radius 2 is 1.89 bits per heavy atom. The molecule has 0 spiro atoms. The number of hydrogen-bond acceptors (Lipinski definition) is 3. The summed E-state index contributed by atoms with van der Waals surface area (Å²) < 4.78 is 0. The highest BCUT2D eigenvalue weighted by Gasteiger charge is 2.39. The minimum atomic E-state index is -0.725. The van der Waals surface area contributed by atoms with Gasteiger partial charge in [-0.3, -0.25) is 4.79 Å². The van der Waals surface area contributed by atoms with E-state index < -0.39 is 12.1 Å². The molecule has 3 N–H and O–H groups in total. The fraction of sp³-hybridized carbons (Fsp3) is 0.773. The van der Waals surface area contributed by atoms with Crippen LogP contribution < -0.4 is 0 Å². The van der Waals surface area contributed by atoms with E-state index in [4.69, 9.17) is 5.11 Å². The Labute approximate surface area is 172 Å². The zero-order valence-corrected chi connectivity index (χ0v) is 18.6. The minimum absolute atomic E-state index is 0.0682. The molecule has 5 heteroatoms. The van der Waals surface area contributed by atoms with Crippen molar-refractivity contribution in [3.63, 3.8) is 0 Å². The minimum Gasteiger partial charge on any atom is -0.481 e. The van der Waals surface area contributed by atoms with Crippen LogP contribution in [0.1, 0.15) is 72.1 Å². The third-order valence-electron chi connectivity index (χ3n) is 5.56. The van der Waals surface area contributed by atoms with E-state index in [0.29, 0.717) is 10.7 Å². The molecule has 0 aromatic heterocycles. The van der Waals surface area contributed by atoms with Gasteiger partial charge in [0.1, 0.15) is 0 Å². The first kappa shape index (κ1) is 24.4. The molecule has 6 atom stereocenters. The topological polar surface area (TPSA) is 77.8 Å². The summed E-state index contributed by atoms with van der Waals surface area (Å²) in [6.07, 6.45) is 11.7. The van der Waals surface area contributed by atoms with Crippen LogP contribution in [0.4, 0.5) is 0 Å². The van der Waals surface area contributed by atoms with Crippen molar-refractivity contribution in [2.75, 3.05) is 0 Å². The first-order valence-electron chi connectivity index (χ1n) is 10.3. The maximum atomic E-state index is 10.5. The number of aliphatic hydroxyl groups is 2. The van der Waals surface area contributed by atoms with Gasteiger partial charge < -0.3 is 15.3 Å². The molecule has 0 amide bonds. The number of rotatable bonds is 12. The quantitative estimate of drug-likeness (QED) is 0.222. The van der Waals surface area contributed by atoms with E-state index in [1.54, 1.807) is 0 Å². The third kappa shape index (κ3) is 9.40. The number of carbonyl (C=O) groups is 1. The van der Waals surface area contributed by atoms with Crippen LogP contribution in [0.5, 0.6) is 0 Å². The van der Waals surface area contributed by atoms with Crippen molar-refractivity contribution in [1.29, 1.82) is 0 Å². The molecule has 1 unspecified atom stereocenters. The van der Waals surface area contributed by atoms with Gasteiger partial charge in [-0.1, -0.05) is 65.9 Å². The SMILES string of the molecule is CC(C)=CCC(C)[C@H](O)C=C[C@@H]1[C@@H](CCCCCCC(=O)O)[C@H](Br)C[C@H]1O. The first-order valence-corrected chi connectivity index (χ1v) is 11.2. The standard InChI is InChI=1S/C22H37BrO4/c1-15(2)10-11-16(3)20(24)13-12-18-17(19(23)14-21(18)25)8-6-4-5-7-9-22(26)27/h10,12-13,16-21,24-25H,4-9,11,14H2,1-3H3,(H,26,27)/t16?,17-,18-,19-,20-,21-/m1/s1. The van der Waals surface area contributed by atoms with Crippen molar-refractivity contribution < 1.29 is 20.1 Å². The van der Waals surface area contributed by atoms with Gasteiger partial charge in [0.25, 0.3) is 0 Å². The Morgan fingerprint density at radius 3 is 2.52 bits per heavy atom. The van der Waals surface area contributed by atoms with E-state index in [2.05, 4.69) is 35.9 Å². The van der Waals surface area contributed by atoms with Gasteiger partial charge in [0.15, 0.2) is 0 Å². The second kappa shape index (κ2) is 12.7. The largest absolute Gasteiger partial charge is 0.481 e. The van der Waals surface area contributed by atoms with Gasteiger partial charge in [0.2, 0.25) is 0 Å². The van der Waals surface area contributed by atoms with Gasteiger partial charge >= 0.3 is 5.97 Å². The second-order valence-electron chi connectivity index (χ2n) is 8.28. The summed E-state index contributed by atoms with van der Waals surface area (Å²) in [6, 6.07) is 0. The zero-order valence-electron chi connectivity index (χ0n) is 17.0. The lowest BCUT2D eigenvalue weighted by Gasteiger charge is -2.22. The summed E-state index contributed by atoms with van der Waals surface area (Å²) in [6.45, 7) is 6.17. The smallest absolute Gasteiger partial charge is 0.303 e. The van der Waals surface area contributed by atoms with Crippen LogP contribution in [-0.2, 0) is 4.79 Å². The van der Waals surface area contributed by atoms with Crippen LogP contribution in [0.3, 0.4) is 0 Å². The highest BCUT2D eigenvalue weighted by molar-refractivity contribution is 9.09. The van der Waals surface area contributed by atoms with Crippen molar-refractivity contribution in [2.24, 2.45) is 17.8 Å². The van der Waals surface area contributed by atoms with Crippen LogP contribution in [0.25, 0.3) is 0 Å². The summed E-state index contributed by atoms with van der Waals surface area (Å²) in [5.74, 6) is -0.145. The van der Waals surface area contributed by atoms with E-state index in [1.807, 2.05) is 19.1 Å². The molecule has 1 rings (SSSR count). The van der Waals surface area contributed by atoms with Crippen LogP contribution in [-0.4, -0.2) is 38.3 Å². The third-order valence-corrected chi connectivity index (χ3v) is 6.61. The molecule has 1 saturated carbocycles. The first-order chi connectivity index (χ1) is 12.7. The molecule has 0 heterocycles. The molecule has 1 aliphatic carbocycles. The van der Waals surface area contributed by atoms with E-state index in [-0.39, 0.29) is 24.4 Å². The molecule has 0 bridgehead atoms. The molecule has 27 heavy (non-hydrogen) atoms. The Morgan fingerprint density at radius 1 is 1.22 bits per heavy atom. The van der Waals surface area contributed by atoms with E-state index in [9.17, 15) is 15.0 Å². The molecule has 0 aromatic rings. The maximum absolute atomic E-state index is 10.5. The van der Waals surface area contributed by atoms with E-state index in [1.165, 1.54) is 5.57 Å². The number of alkyl halides is 1. The molecule has 156 valence electrons. The number of halogens is 1.